The van der Waals surface area contributed by atoms with E-state index < -0.39 is 0 Å². The van der Waals surface area contributed by atoms with Crippen molar-refractivity contribution in [1.29, 1.82) is 0 Å². The second-order valence-corrected chi connectivity index (χ2v) is 6.15. The van der Waals surface area contributed by atoms with Crippen LogP contribution in [-0.2, 0) is 9.53 Å². The molecule has 0 radical (unpaired) electrons. The average molecular weight is 276 g/mol. The van der Waals surface area contributed by atoms with Gasteiger partial charge in [-0.1, -0.05) is 29.8 Å². The van der Waals surface area contributed by atoms with E-state index in [9.17, 15) is 4.79 Å². The molecule has 110 valence electrons. The first kappa shape index (κ1) is 15.0. The van der Waals surface area contributed by atoms with E-state index in [4.69, 9.17) is 4.74 Å². The number of rotatable bonds is 5. The highest BCUT2D eigenvalue weighted by Crippen LogP contribution is 2.27. The lowest BCUT2D eigenvalue weighted by Crippen LogP contribution is -2.53. The molecular weight excluding hydrogens is 252 g/mol. The van der Waals surface area contributed by atoms with Crippen molar-refractivity contribution in [1.82, 2.24) is 10.2 Å². The van der Waals surface area contributed by atoms with Crippen LogP contribution in [0.1, 0.15) is 24.1 Å². The summed E-state index contributed by atoms with van der Waals surface area (Å²) in [7, 11) is 4.07. The summed E-state index contributed by atoms with van der Waals surface area (Å²) in [6.07, 6.45) is 0. The van der Waals surface area contributed by atoms with Gasteiger partial charge in [0.05, 0.1) is 24.7 Å². The van der Waals surface area contributed by atoms with Crippen molar-refractivity contribution in [2.45, 2.75) is 19.9 Å². The molecule has 1 saturated heterocycles. The van der Waals surface area contributed by atoms with Gasteiger partial charge >= 0.3 is 0 Å². The largest absolute Gasteiger partial charge is 0.379 e. The second kappa shape index (κ2) is 5.94. The highest BCUT2D eigenvalue weighted by atomic mass is 16.5. The fraction of sp³-hybridized carbons (Fsp3) is 0.562. The number of nitrogens with one attached hydrogen (secondary N) is 1. The predicted molar refractivity (Wildman–Crippen MR) is 79.5 cm³/mol. The van der Waals surface area contributed by atoms with E-state index in [0.29, 0.717) is 19.8 Å². The van der Waals surface area contributed by atoms with Crippen LogP contribution < -0.4 is 5.32 Å². The van der Waals surface area contributed by atoms with Crippen molar-refractivity contribution < 1.29 is 9.53 Å². The molecule has 1 aliphatic rings. The van der Waals surface area contributed by atoms with Crippen molar-refractivity contribution in [2.24, 2.45) is 5.41 Å². The van der Waals surface area contributed by atoms with Gasteiger partial charge in [0, 0.05) is 6.54 Å². The van der Waals surface area contributed by atoms with Crippen molar-refractivity contribution in [3.8, 4) is 0 Å². The van der Waals surface area contributed by atoms with Gasteiger partial charge in [0.2, 0.25) is 5.91 Å². The smallest absolute Gasteiger partial charge is 0.230 e. The lowest BCUT2D eigenvalue weighted by Gasteiger charge is -2.37. The Morgan fingerprint density at radius 2 is 1.95 bits per heavy atom. The molecule has 2 rings (SSSR count). The molecule has 1 aliphatic heterocycles. The van der Waals surface area contributed by atoms with Crippen LogP contribution in [0.5, 0.6) is 0 Å². The molecule has 4 heteroatoms. The quantitative estimate of drug-likeness (QED) is 0.891. The van der Waals surface area contributed by atoms with Crippen LogP contribution in [0, 0.1) is 12.3 Å². The van der Waals surface area contributed by atoms with E-state index in [1.54, 1.807) is 0 Å². The first-order valence-corrected chi connectivity index (χ1v) is 7.01. The number of likely N-dealkylation sites (N-methyl/N-ethyl adjacent to an activating group) is 1. The molecule has 0 aliphatic carbocycles. The summed E-state index contributed by atoms with van der Waals surface area (Å²) in [5.74, 6) is 0.0858. The van der Waals surface area contributed by atoms with Crippen LogP contribution in [-0.4, -0.2) is 44.7 Å². The van der Waals surface area contributed by atoms with E-state index in [2.05, 4.69) is 41.4 Å². The minimum Gasteiger partial charge on any atom is -0.379 e. The van der Waals surface area contributed by atoms with Crippen LogP contribution in [0.2, 0.25) is 0 Å². The number of hydrogen-bond donors (Lipinski definition) is 1. The Bertz CT molecular complexity index is 464. The monoisotopic (exact) mass is 276 g/mol. The molecule has 1 atom stereocenters. The Morgan fingerprint density at radius 3 is 2.40 bits per heavy atom. The van der Waals surface area contributed by atoms with E-state index in [1.165, 1.54) is 11.1 Å². The molecule has 0 bridgehead atoms. The predicted octanol–water partition coefficient (Wildman–Crippen LogP) is 1.75. The van der Waals surface area contributed by atoms with Gasteiger partial charge in [-0.15, -0.1) is 0 Å². The topological polar surface area (TPSA) is 41.6 Å². The number of hydrogen-bond acceptors (Lipinski definition) is 3. The van der Waals surface area contributed by atoms with Crippen LogP contribution in [0.25, 0.3) is 0 Å². The molecule has 0 saturated carbocycles. The molecular formula is C16H24N2O2. The van der Waals surface area contributed by atoms with Crippen LogP contribution in [0.4, 0.5) is 0 Å². The Labute approximate surface area is 121 Å². The molecule has 1 aromatic carbocycles. The lowest BCUT2D eigenvalue weighted by atomic mass is 9.87. The molecule has 0 unspecified atom stereocenters. The number of nitrogens with zero attached hydrogens (tertiary/aromatic N) is 1. The third-order valence-corrected chi connectivity index (χ3v) is 3.93. The summed E-state index contributed by atoms with van der Waals surface area (Å²) < 4.78 is 5.14. The number of carbonyl (C=O) groups is 1. The summed E-state index contributed by atoms with van der Waals surface area (Å²) in [5.41, 5.74) is 2.12. The Morgan fingerprint density at radius 1 is 1.35 bits per heavy atom. The van der Waals surface area contributed by atoms with Gasteiger partial charge in [-0.05, 0) is 33.5 Å². The summed E-state index contributed by atoms with van der Waals surface area (Å²) in [4.78, 5) is 14.3. The number of amides is 1. The third kappa shape index (κ3) is 3.19. The fourth-order valence-electron chi connectivity index (χ4n) is 2.33. The van der Waals surface area contributed by atoms with Crippen molar-refractivity contribution in [3.63, 3.8) is 0 Å². The molecule has 20 heavy (non-hydrogen) atoms. The zero-order valence-corrected chi connectivity index (χ0v) is 12.8. The summed E-state index contributed by atoms with van der Waals surface area (Å²) >= 11 is 0. The van der Waals surface area contributed by atoms with Gasteiger partial charge in [0.25, 0.3) is 0 Å². The second-order valence-electron chi connectivity index (χ2n) is 6.15. The standard InChI is InChI=1S/C16H24N2O2/c1-12-5-7-13(8-6-12)14(18(3)4)9-17-15(19)16(2)10-20-11-16/h5-8,14H,9-11H2,1-4H3,(H,17,19)/t14-/m1/s1. The number of ether oxygens (including phenoxy) is 1. The first-order chi connectivity index (χ1) is 9.42. The molecule has 1 aromatic rings. The molecule has 1 N–H and O–H groups in total. The molecule has 0 aromatic heterocycles. The highest BCUT2D eigenvalue weighted by Gasteiger charge is 2.41. The van der Waals surface area contributed by atoms with Gasteiger partial charge in [-0.3, -0.25) is 4.79 Å². The van der Waals surface area contributed by atoms with Crippen molar-refractivity contribution >= 4 is 5.91 Å². The lowest BCUT2D eigenvalue weighted by molar-refractivity contribution is -0.157. The average Bonchev–Trinajstić information content (AvgIpc) is 2.37. The van der Waals surface area contributed by atoms with E-state index in [0.717, 1.165) is 0 Å². The Hall–Kier alpha value is -1.39. The van der Waals surface area contributed by atoms with Crippen molar-refractivity contribution in [2.75, 3.05) is 33.9 Å². The van der Waals surface area contributed by atoms with E-state index >= 15 is 0 Å². The van der Waals surface area contributed by atoms with Gasteiger partial charge in [0.1, 0.15) is 0 Å². The van der Waals surface area contributed by atoms with Crippen LogP contribution >= 0.6 is 0 Å². The van der Waals surface area contributed by atoms with Gasteiger partial charge in [0.15, 0.2) is 0 Å². The first-order valence-electron chi connectivity index (χ1n) is 7.01. The zero-order chi connectivity index (χ0) is 14.8. The Balaban J connectivity index is 1.99. The minimum atomic E-state index is -0.343. The van der Waals surface area contributed by atoms with Crippen molar-refractivity contribution in [3.05, 3.63) is 35.4 Å². The number of carbonyl (C=O) groups excluding carboxylic acids is 1. The summed E-state index contributed by atoms with van der Waals surface area (Å²) in [6, 6.07) is 8.65. The van der Waals surface area contributed by atoms with Crippen LogP contribution in [0.15, 0.2) is 24.3 Å². The van der Waals surface area contributed by atoms with Gasteiger partial charge in [-0.2, -0.15) is 0 Å². The normalized spacial score (nSPS) is 18.4. The molecule has 1 fully saturated rings. The fourth-order valence-corrected chi connectivity index (χ4v) is 2.33. The number of aryl methyl sites for hydroxylation is 1. The molecule has 4 nitrogen and oxygen atoms in total. The minimum absolute atomic E-state index is 0.0858. The van der Waals surface area contributed by atoms with Gasteiger partial charge < -0.3 is 15.0 Å². The maximum Gasteiger partial charge on any atom is 0.230 e. The maximum absolute atomic E-state index is 12.1. The third-order valence-electron chi connectivity index (χ3n) is 3.93. The molecule has 0 spiro atoms. The SMILES string of the molecule is Cc1ccc([C@@H](CNC(=O)C2(C)COC2)N(C)C)cc1. The van der Waals surface area contributed by atoms with Crippen LogP contribution in [0.3, 0.4) is 0 Å². The summed E-state index contributed by atoms with van der Waals surface area (Å²) in [6.45, 7) is 5.69. The summed E-state index contributed by atoms with van der Waals surface area (Å²) in [5, 5.41) is 3.06. The zero-order valence-electron chi connectivity index (χ0n) is 12.8. The molecule has 1 heterocycles. The number of benzene rings is 1. The van der Waals surface area contributed by atoms with E-state index in [1.807, 2.05) is 21.0 Å². The van der Waals surface area contributed by atoms with E-state index in [-0.39, 0.29) is 17.4 Å². The highest BCUT2D eigenvalue weighted by molar-refractivity contribution is 5.83. The molecule has 1 amide bonds. The Kier molecular flexibility index (Phi) is 4.45. The van der Waals surface area contributed by atoms with Gasteiger partial charge in [-0.25, -0.2) is 0 Å². The maximum atomic E-state index is 12.1.